The van der Waals surface area contributed by atoms with Crippen molar-refractivity contribution < 1.29 is 38.1 Å². The summed E-state index contributed by atoms with van der Waals surface area (Å²) < 4.78 is 21.7. The van der Waals surface area contributed by atoms with Crippen LogP contribution >= 0.6 is 0 Å². The molecule has 0 bridgehead atoms. The highest BCUT2D eigenvalue weighted by molar-refractivity contribution is 5.68. The zero-order valence-corrected chi connectivity index (χ0v) is 46.6. The van der Waals surface area contributed by atoms with Gasteiger partial charge in [0, 0.05) is 52.4 Å². The monoisotopic (exact) mass is 1080 g/mol. The molecule has 0 atom stereocenters. The Morgan fingerprint density at radius 1 is 0.295 bits per heavy atom. The van der Waals surface area contributed by atoms with Crippen molar-refractivity contribution in [2.45, 2.75) is 116 Å². The van der Waals surface area contributed by atoms with Crippen LogP contribution in [0.25, 0.3) is 0 Å². The third-order valence-corrected chi connectivity index (χ3v) is 13.9. The standard InChI is InChI=1S/C62H92N8O8/c71-59(75-51-55-27-9-1-10-28-55)63-35-17-5-21-39-67-43-25-44-69(41-23-7-19-37-65-61(73)77-53-57-31-13-3-14-32-57)49-50-70(42-24-8-20-38-66-62(74)78-54-58-33-15-4-16-34-58)46-26-45-68(48-47-67)40-22-6-18-36-64-60(72)76-52-56-29-11-2-12-30-56/h1-4,9-16,27-34H,5-8,17-26,35-54H2,(H,63,71)(H,64,72)(H,65,73)(H,66,74). The first-order valence-electron chi connectivity index (χ1n) is 29.1. The van der Waals surface area contributed by atoms with Crippen molar-refractivity contribution in [1.29, 1.82) is 0 Å². The smallest absolute Gasteiger partial charge is 0.407 e. The number of benzene rings is 4. The van der Waals surface area contributed by atoms with Gasteiger partial charge in [-0.3, -0.25) is 0 Å². The predicted octanol–water partition coefficient (Wildman–Crippen LogP) is 10.4. The summed E-state index contributed by atoms with van der Waals surface area (Å²) >= 11 is 0. The van der Waals surface area contributed by atoms with Crippen molar-refractivity contribution in [2.24, 2.45) is 0 Å². The Bertz CT molecular complexity index is 1860. The molecule has 4 N–H and O–H groups in total. The Balaban J connectivity index is 1.10. The van der Waals surface area contributed by atoms with Crippen LogP contribution in [0, 0.1) is 0 Å². The van der Waals surface area contributed by atoms with Gasteiger partial charge in [-0.2, -0.15) is 0 Å². The average Bonchev–Trinajstić information content (AvgIpc) is 3.47. The number of nitrogens with zero attached hydrogens (tertiary/aromatic N) is 4. The quantitative estimate of drug-likeness (QED) is 0.0271. The molecule has 1 aliphatic heterocycles. The van der Waals surface area contributed by atoms with Crippen molar-refractivity contribution in [2.75, 3.05) is 105 Å². The summed E-state index contributed by atoms with van der Waals surface area (Å²) in [4.78, 5) is 60.1. The molecule has 1 heterocycles. The number of amides is 4. The van der Waals surface area contributed by atoms with E-state index in [0.29, 0.717) is 26.2 Å². The molecule has 4 amide bonds. The summed E-state index contributed by atoms with van der Waals surface area (Å²) in [6.07, 6.45) is 12.5. The van der Waals surface area contributed by atoms with E-state index in [1.54, 1.807) is 0 Å². The highest BCUT2D eigenvalue weighted by Gasteiger charge is 2.16. The van der Waals surface area contributed by atoms with Gasteiger partial charge in [0.1, 0.15) is 26.4 Å². The first-order valence-corrected chi connectivity index (χ1v) is 29.1. The molecule has 1 aliphatic rings. The predicted molar refractivity (Wildman–Crippen MR) is 309 cm³/mol. The van der Waals surface area contributed by atoms with Crippen LogP contribution in [0.4, 0.5) is 19.2 Å². The molecular weight excluding hydrogens is 985 g/mol. The number of alkyl carbamates (subject to hydrolysis) is 4. The Labute approximate surface area is 466 Å². The van der Waals surface area contributed by atoms with Crippen molar-refractivity contribution in [3.05, 3.63) is 144 Å². The molecule has 16 heteroatoms. The molecular formula is C62H92N8O8. The number of carbonyl (C=O) groups excluding carboxylic acids is 4. The lowest BCUT2D eigenvalue weighted by Crippen LogP contribution is -2.42. The third-order valence-electron chi connectivity index (χ3n) is 13.9. The van der Waals surface area contributed by atoms with E-state index in [4.69, 9.17) is 18.9 Å². The molecule has 0 spiro atoms. The van der Waals surface area contributed by atoms with Gasteiger partial charge < -0.3 is 59.8 Å². The molecule has 0 unspecified atom stereocenters. The molecule has 0 saturated carbocycles. The Morgan fingerprint density at radius 2 is 0.513 bits per heavy atom. The highest BCUT2D eigenvalue weighted by Crippen LogP contribution is 2.11. The fourth-order valence-corrected chi connectivity index (χ4v) is 9.35. The van der Waals surface area contributed by atoms with Gasteiger partial charge in [0.05, 0.1) is 0 Å². The summed E-state index contributed by atoms with van der Waals surface area (Å²) in [6.45, 7) is 15.5. The number of unbranched alkanes of at least 4 members (excludes halogenated alkanes) is 8. The maximum absolute atomic E-state index is 12.4. The number of rotatable bonds is 32. The minimum Gasteiger partial charge on any atom is -0.445 e. The summed E-state index contributed by atoms with van der Waals surface area (Å²) in [7, 11) is 0. The SMILES string of the molecule is O=C(NCCCCCN1CCCN(CCCCCNC(=O)OCc2ccccc2)CCN(CCCCCNC(=O)OCc2ccccc2)CCCN(CCCCCNC(=O)OCc2ccccc2)CC1)OCc1ccccc1. The Kier molecular flexibility index (Phi) is 32.9. The van der Waals surface area contributed by atoms with Gasteiger partial charge in [-0.25, -0.2) is 19.2 Å². The van der Waals surface area contributed by atoms with Crippen LogP contribution < -0.4 is 21.3 Å². The van der Waals surface area contributed by atoms with Crippen LogP contribution in [-0.2, 0) is 45.4 Å². The molecule has 428 valence electrons. The second-order valence-corrected chi connectivity index (χ2v) is 20.3. The Hall–Kier alpha value is -6.20. The fourth-order valence-electron chi connectivity index (χ4n) is 9.35. The van der Waals surface area contributed by atoms with Crippen LogP contribution in [0.15, 0.2) is 121 Å². The van der Waals surface area contributed by atoms with Crippen LogP contribution in [0.2, 0.25) is 0 Å². The van der Waals surface area contributed by atoms with E-state index in [1.165, 1.54) is 0 Å². The minimum absolute atomic E-state index is 0.263. The average molecular weight is 1080 g/mol. The van der Waals surface area contributed by atoms with Gasteiger partial charge >= 0.3 is 24.4 Å². The van der Waals surface area contributed by atoms with E-state index in [0.717, 1.165) is 191 Å². The van der Waals surface area contributed by atoms with Gasteiger partial charge in [-0.1, -0.05) is 147 Å². The Morgan fingerprint density at radius 3 is 0.731 bits per heavy atom. The van der Waals surface area contributed by atoms with Gasteiger partial charge in [0.2, 0.25) is 0 Å². The fraction of sp³-hybridized carbons (Fsp3) is 0.548. The molecule has 4 aromatic carbocycles. The molecule has 4 aromatic rings. The highest BCUT2D eigenvalue weighted by atomic mass is 16.6. The van der Waals surface area contributed by atoms with E-state index in [-0.39, 0.29) is 50.8 Å². The molecule has 0 radical (unpaired) electrons. The number of hydrogen-bond donors (Lipinski definition) is 4. The zero-order valence-electron chi connectivity index (χ0n) is 46.6. The molecule has 1 saturated heterocycles. The lowest BCUT2D eigenvalue weighted by atomic mass is 10.2. The van der Waals surface area contributed by atoms with Gasteiger partial charge in [-0.05, 0) is 139 Å². The lowest BCUT2D eigenvalue weighted by molar-refractivity contribution is 0.138. The minimum atomic E-state index is -0.377. The molecule has 0 aliphatic carbocycles. The van der Waals surface area contributed by atoms with E-state index in [9.17, 15) is 19.2 Å². The first-order chi connectivity index (χ1) is 38.4. The van der Waals surface area contributed by atoms with E-state index >= 15 is 0 Å². The molecule has 78 heavy (non-hydrogen) atoms. The van der Waals surface area contributed by atoms with E-state index in [2.05, 4.69) is 40.9 Å². The van der Waals surface area contributed by atoms with Crippen molar-refractivity contribution >= 4 is 24.4 Å². The second kappa shape index (κ2) is 40.9. The van der Waals surface area contributed by atoms with Crippen molar-refractivity contribution in [1.82, 2.24) is 40.9 Å². The van der Waals surface area contributed by atoms with E-state index < -0.39 is 0 Å². The first kappa shape index (κ1) is 62.6. The maximum Gasteiger partial charge on any atom is 0.407 e. The zero-order chi connectivity index (χ0) is 54.8. The molecule has 16 nitrogen and oxygen atoms in total. The number of nitrogens with one attached hydrogen (secondary N) is 4. The van der Waals surface area contributed by atoms with E-state index in [1.807, 2.05) is 121 Å². The maximum atomic E-state index is 12.4. The van der Waals surface area contributed by atoms with Gasteiger partial charge in [0.25, 0.3) is 0 Å². The summed E-state index contributed by atoms with van der Waals surface area (Å²) in [5, 5.41) is 11.7. The second-order valence-electron chi connectivity index (χ2n) is 20.3. The summed E-state index contributed by atoms with van der Waals surface area (Å²) in [5.41, 5.74) is 3.88. The molecule has 5 rings (SSSR count). The third kappa shape index (κ3) is 30.7. The van der Waals surface area contributed by atoms with Crippen molar-refractivity contribution in [3.8, 4) is 0 Å². The summed E-state index contributed by atoms with van der Waals surface area (Å²) in [5.74, 6) is 0. The van der Waals surface area contributed by atoms with Gasteiger partial charge in [0.15, 0.2) is 0 Å². The van der Waals surface area contributed by atoms with Crippen LogP contribution in [0.5, 0.6) is 0 Å². The summed E-state index contributed by atoms with van der Waals surface area (Å²) in [6, 6.07) is 38.9. The lowest BCUT2D eigenvalue weighted by Gasteiger charge is -2.32. The van der Waals surface area contributed by atoms with Gasteiger partial charge in [-0.15, -0.1) is 0 Å². The molecule has 0 aromatic heterocycles. The number of hydrogen-bond acceptors (Lipinski definition) is 12. The van der Waals surface area contributed by atoms with Crippen LogP contribution in [0.3, 0.4) is 0 Å². The van der Waals surface area contributed by atoms with Crippen LogP contribution in [0.1, 0.15) is 112 Å². The number of ether oxygens (including phenoxy) is 4. The molecule has 1 fully saturated rings. The largest absolute Gasteiger partial charge is 0.445 e. The normalized spacial score (nSPS) is 14.4. The van der Waals surface area contributed by atoms with Crippen molar-refractivity contribution in [3.63, 3.8) is 0 Å². The van der Waals surface area contributed by atoms with Crippen LogP contribution in [-0.4, -0.2) is 149 Å². The topological polar surface area (TPSA) is 166 Å². The number of carbonyl (C=O) groups is 4.